The van der Waals surface area contributed by atoms with Crippen LogP contribution in [0.15, 0.2) is 18.2 Å². The van der Waals surface area contributed by atoms with E-state index < -0.39 is 35.9 Å². The van der Waals surface area contributed by atoms with E-state index in [0.29, 0.717) is 5.56 Å². The van der Waals surface area contributed by atoms with Gasteiger partial charge in [0.25, 0.3) is 5.91 Å². The number of β-lactam (4-membered cyclic amide) rings is 1. The average molecular weight is 418 g/mol. The lowest BCUT2D eigenvalue weighted by Crippen LogP contribution is -2.62. The molecular weight excluding hydrogens is 396 g/mol. The molecule has 0 unspecified atom stereocenters. The number of benzene rings is 1. The second kappa shape index (κ2) is 8.43. The van der Waals surface area contributed by atoms with Gasteiger partial charge in [0.2, 0.25) is 0 Å². The van der Waals surface area contributed by atoms with Gasteiger partial charge in [-0.2, -0.15) is 8.78 Å². The standard InChI is InChI=1S/C19H22ClF2NO5/c1-18(2,3)28-15(24)5-4-8-27-16(25)12-6-7-13(10-20)14(9-12)23-11-19(21,22)17(23)26/h6-7,9H,4-5,8,10-11H2,1-3H3. The molecule has 0 aliphatic carbocycles. The summed E-state index contributed by atoms with van der Waals surface area (Å²) in [4.78, 5) is 36.3. The lowest BCUT2D eigenvalue weighted by Gasteiger charge is -2.38. The van der Waals surface area contributed by atoms with E-state index in [4.69, 9.17) is 21.1 Å². The number of esters is 2. The molecular formula is C19H22ClF2NO5. The number of hydrogen-bond acceptors (Lipinski definition) is 5. The first-order valence-corrected chi connectivity index (χ1v) is 9.26. The Morgan fingerprint density at radius 1 is 1.29 bits per heavy atom. The smallest absolute Gasteiger partial charge is 0.342 e. The van der Waals surface area contributed by atoms with Crippen LogP contribution in [0.3, 0.4) is 0 Å². The Bertz CT molecular complexity index is 776. The minimum atomic E-state index is -3.40. The summed E-state index contributed by atoms with van der Waals surface area (Å²) >= 11 is 5.80. The lowest BCUT2D eigenvalue weighted by atomic mass is 10.0. The highest BCUT2D eigenvalue weighted by molar-refractivity contribution is 6.18. The molecule has 2 rings (SSSR count). The van der Waals surface area contributed by atoms with Gasteiger partial charge in [-0.15, -0.1) is 11.6 Å². The van der Waals surface area contributed by atoms with E-state index in [1.54, 1.807) is 20.8 Å². The maximum absolute atomic E-state index is 13.2. The molecule has 0 spiro atoms. The molecule has 0 radical (unpaired) electrons. The number of carbonyl (C=O) groups is 3. The van der Waals surface area contributed by atoms with Crippen LogP contribution in [0.5, 0.6) is 0 Å². The summed E-state index contributed by atoms with van der Waals surface area (Å²) < 4.78 is 36.6. The van der Waals surface area contributed by atoms with Gasteiger partial charge in [-0.3, -0.25) is 9.59 Å². The first-order valence-electron chi connectivity index (χ1n) is 8.72. The van der Waals surface area contributed by atoms with Crippen molar-refractivity contribution in [3.8, 4) is 0 Å². The second-order valence-corrected chi connectivity index (χ2v) is 7.67. The van der Waals surface area contributed by atoms with Crippen molar-refractivity contribution < 1.29 is 32.6 Å². The van der Waals surface area contributed by atoms with E-state index in [-0.39, 0.29) is 36.6 Å². The van der Waals surface area contributed by atoms with Crippen LogP contribution in [-0.2, 0) is 24.9 Å². The van der Waals surface area contributed by atoms with Crippen LogP contribution in [0.1, 0.15) is 49.5 Å². The minimum Gasteiger partial charge on any atom is -0.462 e. The Kier molecular flexibility index (Phi) is 6.64. The van der Waals surface area contributed by atoms with Gasteiger partial charge >= 0.3 is 17.9 Å². The number of amides is 1. The summed E-state index contributed by atoms with van der Waals surface area (Å²) in [5.41, 5.74) is 0.129. The third-order valence-corrected chi connectivity index (χ3v) is 4.14. The molecule has 1 saturated heterocycles. The highest BCUT2D eigenvalue weighted by atomic mass is 35.5. The number of hydrogen-bond donors (Lipinski definition) is 0. The van der Waals surface area contributed by atoms with E-state index in [2.05, 4.69) is 0 Å². The van der Waals surface area contributed by atoms with Crippen molar-refractivity contribution in [3.63, 3.8) is 0 Å². The Morgan fingerprint density at radius 2 is 1.96 bits per heavy atom. The van der Waals surface area contributed by atoms with Gasteiger partial charge < -0.3 is 14.4 Å². The van der Waals surface area contributed by atoms with Gasteiger partial charge in [0.15, 0.2) is 0 Å². The number of anilines is 1. The zero-order valence-electron chi connectivity index (χ0n) is 15.9. The van der Waals surface area contributed by atoms with Crippen molar-refractivity contribution in [3.05, 3.63) is 29.3 Å². The molecule has 1 aliphatic rings. The predicted molar refractivity (Wildman–Crippen MR) is 98.7 cm³/mol. The minimum absolute atomic E-state index is 0.00407. The van der Waals surface area contributed by atoms with E-state index in [1.807, 2.05) is 0 Å². The number of nitrogens with zero attached hydrogens (tertiary/aromatic N) is 1. The fourth-order valence-electron chi connectivity index (χ4n) is 2.55. The number of halogens is 3. The molecule has 0 atom stereocenters. The number of carbonyl (C=O) groups excluding carboxylic acids is 3. The van der Waals surface area contributed by atoms with Crippen molar-refractivity contribution in [2.45, 2.75) is 51.0 Å². The Hall–Kier alpha value is -2.22. The first kappa shape index (κ1) is 22.1. The first-order chi connectivity index (χ1) is 12.9. The van der Waals surface area contributed by atoms with Crippen LogP contribution in [0.4, 0.5) is 14.5 Å². The molecule has 28 heavy (non-hydrogen) atoms. The Balaban J connectivity index is 1.94. The van der Waals surface area contributed by atoms with E-state index in [1.165, 1.54) is 18.2 Å². The molecule has 0 saturated carbocycles. The maximum Gasteiger partial charge on any atom is 0.342 e. The average Bonchev–Trinajstić information content (AvgIpc) is 2.61. The largest absolute Gasteiger partial charge is 0.462 e. The summed E-state index contributed by atoms with van der Waals surface area (Å²) in [7, 11) is 0. The summed E-state index contributed by atoms with van der Waals surface area (Å²) in [6.45, 7) is 4.50. The molecule has 1 aromatic carbocycles. The van der Waals surface area contributed by atoms with E-state index >= 15 is 0 Å². The number of alkyl halides is 3. The maximum atomic E-state index is 13.2. The third kappa shape index (κ3) is 5.41. The van der Waals surface area contributed by atoms with Crippen LogP contribution >= 0.6 is 11.6 Å². The van der Waals surface area contributed by atoms with Gasteiger partial charge in [-0.25, -0.2) is 4.79 Å². The highest BCUT2D eigenvalue weighted by Crippen LogP contribution is 2.36. The van der Waals surface area contributed by atoms with E-state index in [9.17, 15) is 23.2 Å². The van der Waals surface area contributed by atoms with E-state index in [0.717, 1.165) is 4.90 Å². The molecule has 0 bridgehead atoms. The Labute approximate surface area is 166 Å². The summed E-state index contributed by atoms with van der Waals surface area (Å²) in [5.74, 6) is -5.82. The van der Waals surface area contributed by atoms with Crippen molar-refractivity contribution in [2.24, 2.45) is 0 Å². The van der Waals surface area contributed by atoms with Gasteiger partial charge in [0.05, 0.1) is 18.7 Å². The zero-order chi connectivity index (χ0) is 21.1. The molecule has 1 amide bonds. The Morgan fingerprint density at radius 3 is 2.50 bits per heavy atom. The van der Waals surface area contributed by atoms with Gasteiger partial charge in [-0.1, -0.05) is 6.07 Å². The van der Waals surface area contributed by atoms with Crippen LogP contribution in [0.25, 0.3) is 0 Å². The van der Waals surface area contributed by atoms with Crippen molar-refractivity contribution in [2.75, 3.05) is 18.1 Å². The lowest BCUT2D eigenvalue weighted by molar-refractivity contribution is -0.155. The van der Waals surface area contributed by atoms with Crippen molar-refractivity contribution in [1.29, 1.82) is 0 Å². The molecule has 1 heterocycles. The fourth-order valence-corrected chi connectivity index (χ4v) is 2.78. The van der Waals surface area contributed by atoms with Crippen LogP contribution in [0, 0.1) is 0 Å². The third-order valence-electron chi connectivity index (χ3n) is 3.85. The number of ether oxygens (including phenoxy) is 2. The van der Waals surface area contributed by atoms with Gasteiger partial charge in [0.1, 0.15) is 5.60 Å². The quantitative estimate of drug-likeness (QED) is 0.293. The van der Waals surface area contributed by atoms with Crippen molar-refractivity contribution >= 4 is 35.1 Å². The van der Waals surface area contributed by atoms with Crippen LogP contribution < -0.4 is 4.90 Å². The van der Waals surface area contributed by atoms with Gasteiger partial charge in [0, 0.05) is 18.0 Å². The second-order valence-electron chi connectivity index (χ2n) is 7.40. The highest BCUT2D eigenvalue weighted by Gasteiger charge is 2.55. The monoisotopic (exact) mass is 417 g/mol. The molecule has 1 aliphatic heterocycles. The molecule has 0 aromatic heterocycles. The van der Waals surface area contributed by atoms with Crippen LogP contribution in [0.2, 0.25) is 0 Å². The summed E-state index contributed by atoms with van der Waals surface area (Å²) in [5, 5.41) is 0. The van der Waals surface area contributed by atoms with Crippen molar-refractivity contribution in [1.82, 2.24) is 0 Å². The van der Waals surface area contributed by atoms with Crippen LogP contribution in [-0.4, -0.2) is 42.5 Å². The predicted octanol–water partition coefficient (Wildman–Crippen LogP) is 3.69. The molecule has 0 N–H and O–H groups in total. The topological polar surface area (TPSA) is 72.9 Å². The molecule has 9 heteroatoms. The van der Waals surface area contributed by atoms with Gasteiger partial charge in [-0.05, 0) is 44.9 Å². The molecule has 1 aromatic rings. The zero-order valence-corrected chi connectivity index (χ0v) is 16.6. The fraction of sp³-hybridized carbons (Fsp3) is 0.526. The SMILES string of the molecule is CC(C)(C)OC(=O)CCCOC(=O)c1ccc(CCl)c(N2CC(F)(F)C2=O)c1. The molecule has 154 valence electrons. The summed E-state index contributed by atoms with van der Waals surface area (Å²) in [6, 6.07) is 4.24. The number of rotatable bonds is 7. The molecule has 1 fully saturated rings. The summed E-state index contributed by atoms with van der Waals surface area (Å²) in [6.07, 6.45) is 0.377. The molecule has 6 nitrogen and oxygen atoms in total. The normalized spacial score (nSPS) is 15.8.